The summed E-state index contributed by atoms with van der Waals surface area (Å²) in [5.74, 6) is 0.272. The van der Waals surface area contributed by atoms with E-state index >= 15 is 0 Å². The minimum Gasteiger partial charge on any atom is -0.353 e. The molecule has 7 rings (SSSR count). The van der Waals surface area contributed by atoms with Crippen LogP contribution in [0.5, 0.6) is 0 Å². The Balaban J connectivity index is 1.16. The zero-order valence-electron chi connectivity index (χ0n) is 24.2. The summed E-state index contributed by atoms with van der Waals surface area (Å²) < 4.78 is 16.2. The number of carbonyl (C=O) groups is 2. The number of pyridine rings is 1. The zero-order valence-corrected chi connectivity index (χ0v) is 25.1. The van der Waals surface area contributed by atoms with Crippen LogP contribution in [-0.4, -0.2) is 39.3 Å². The molecule has 3 aromatic rings. The van der Waals surface area contributed by atoms with Crippen LogP contribution in [0.15, 0.2) is 40.0 Å². The van der Waals surface area contributed by atoms with Crippen molar-refractivity contribution in [3.63, 3.8) is 0 Å². The number of aromatic nitrogens is 2. The van der Waals surface area contributed by atoms with Crippen LogP contribution in [0, 0.1) is 25.2 Å². The highest BCUT2D eigenvalue weighted by Crippen LogP contribution is 2.69. The van der Waals surface area contributed by atoms with Gasteiger partial charge in [-0.1, -0.05) is 18.2 Å². The van der Waals surface area contributed by atoms with Crippen LogP contribution in [0.4, 0.5) is 4.39 Å². The molecule has 0 saturated heterocycles. The number of alkyl halides is 1. The quantitative estimate of drug-likeness (QED) is 0.298. The fraction of sp³-hybridized carbons (Fsp3) is 0.531. The second-order valence-electron chi connectivity index (χ2n) is 12.6. The van der Waals surface area contributed by atoms with Gasteiger partial charge in [-0.15, -0.1) is 11.8 Å². The number of nitrogens with one attached hydrogen (secondary N) is 3. The van der Waals surface area contributed by atoms with E-state index in [0.717, 1.165) is 52.9 Å². The van der Waals surface area contributed by atoms with E-state index in [1.807, 2.05) is 44.4 Å². The predicted molar refractivity (Wildman–Crippen MR) is 160 cm³/mol. The molecule has 2 aromatic heterocycles. The van der Waals surface area contributed by atoms with Gasteiger partial charge in [-0.3, -0.25) is 14.4 Å². The molecule has 2 heterocycles. The standard InChI is InChI=1S/C32H39FN4O3S/c1-18-13-26(41-4)24(28(38)35-18)14-34-29(39)27-20(3)37(25-8-6-5-7-23(25)27)19(2)21-9-11-22(12-10-21)36-30(40)31-15-32(33,16-31)17-31/h5-8,13,19,21-22H,9-12,14-17H2,1-4H3,(H,34,39)(H,35,38)(H,36,40)/t19-,21?,22?,31?,32?/m1/s1. The van der Waals surface area contributed by atoms with E-state index in [4.69, 9.17) is 0 Å². The molecule has 4 aliphatic carbocycles. The lowest BCUT2D eigenvalue weighted by molar-refractivity contribution is -0.214. The molecule has 218 valence electrons. The van der Waals surface area contributed by atoms with Crippen LogP contribution >= 0.6 is 11.8 Å². The van der Waals surface area contributed by atoms with Gasteiger partial charge in [-0.05, 0) is 90.0 Å². The molecule has 1 aromatic carbocycles. The SMILES string of the molecule is CSc1cc(C)[nH]c(=O)c1CNC(=O)c1c(C)n([C@H](C)C2CCC(NC(=O)C34CC(F)(C3)C4)CC2)c2ccccc12. The molecule has 41 heavy (non-hydrogen) atoms. The molecule has 4 saturated carbocycles. The Hall–Kier alpha value is -3.07. The lowest BCUT2D eigenvalue weighted by atomic mass is 9.42. The fourth-order valence-corrected chi connectivity index (χ4v) is 8.40. The number of aryl methyl sites for hydroxylation is 1. The number of para-hydroxylation sites is 1. The first kappa shape index (κ1) is 28.1. The molecule has 0 radical (unpaired) electrons. The number of nitrogens with zero attached hydrogens (tertiary/aromatic N) is 1. The van der Waals surface area contributed by atoms with Crippen molar-refractivity contribution in [2.45, 2.75) is 94.9 Å². The van der Waals surface area contributed by atoms with Crippen molar-refractivity contribution in [2.24, 2.45) is 11.3 Å². The molecule has 3 N–H and O–H groups in total. The number of thioether (sulfide) groups is 1. The third-order valence-corrected chi connectivity index (χ3v) is 10.7. The minimum absolute atomic E-state index is 0.0497. The van der Waals surface area contributed by atoms with Crippen LogP contribution in [0.1, 0.15) is 85.2 Å². The third kappa shape index (κ3) is 4.80. The van der Waals surface area contributed by atoms with E-state index < -0.39 is 11.1 Å². The highest BCUT2D eigenvalue weighted by atomic mass is 32.2. The van der Waals surface area contributed by atoms with E-state index in [1.54, 1.807) is 0 Å². The van der Waals surface area contributed by atoms with Crippen LogP contribution in [0.25, 0.3) is 10.9 Å². The van der Waals surface area contributed by atoms with Gasteiger partial charge in [0.05, 0.1) is 11.0 Å². The van der Waals surface area contributed by atoms with E-state index in [-0.39, 0.29) is 36.0 Å². The molecule has 4 aliphatic rings. The van der Waals surface area contributed by atoms with Crippen LogP contribution in [-0.2, 0) is 11.3 Å². The molecule has 2 bridgehead atoms. The summed E-state index contributed by atoms with van der Waals surface area (Å²) in [5.41, 5.74) is 2.28. The van der Waals surface area contributed by atoms with Gasteiger partial charge in [0.25, 0.3) is 11.5 Å². The number of halogens is 1. The minimum atomic E-state index is -1.06. The summed E-state index contributed by atoms with van der Waals surface area (Å²) in [6.45, 7) is 6.24. The van der Waals surface area contributed by atoms with Crippen LogP contribution in [0.2, 0.25) is 0 Å². The van der Waals surface area contributed by atoms with Crippen molar-refractivity contribution in [1.29, 1.82) is 0 Å². The molecule has 0 spiro atoms. The van der Waals surface area contributed by atoms with Crippen molar-refractivity contribution in [1.82, 2.24) is 20.2 Å². The Morgan fingerprint density at radius 1 is 1.15 bits per heavy atom. The van der Waals surface area contributed by atoms with E-state index in [0.29, 0.717) is 36.3 Å². The molecular formula is C32H39FN4O3S. The number of aromatic amines is 1. The van der Waals surface area contributed by atoms with Gasteiger partial charge in [0.2, 0.25) is 5.91 Å². The van der Waals surface area contributed by atoms with Crippen molar-refractivity contribution in [2.75, 3.05) is 6.26 Å². The number of fused-ring (bicyclic) bond motifs is 1. The first-order valence-electron chi connectivity index (χ1n) is 14.7. The van der Waals surface area contributed by atoms with E-state index in [9.17, 15) is 18.8 Å². The monoisotopic (exact) mass is 578 g/mol. The average molecular weight is 579 g/mol. The highest BCUT2D eigenvalue weighted by molar-refractivity contribution is 7.98. The topological polar surface area (TPSA) is 96.0 Å². The molecular weight excluding hydrogens is 539 g/mol. The Kier molecular flexibility index (Phi) is 7.07. The van der Waals surface area contributed by atoms with E-state index in [2.05, 4.69) is 33.2 Å². The first-order valence-corrected chi connectivity index (χ1v) is 15.9. The number of H-pyrrole nitrogens is 1. The van der Waals surface area contributed by atoms with Gasteiger partial charge < -0.3 is 20.2 Å². The fourth-order valence-electron chi connectivity index (χ4n) is 7.70. The molecule has 4 fully saturated rings. The summed E-state index contributed by atoms with van der Waals surface area (Å²) in [4.78, 5) is 42.7. The molecule has 0 aliphatic heterocycles. The van der Waals surface area contributed by atoms with Crippen molar-refractivity contribution in [3.8, 4) is 0 Å². The van der Waals surface area contributed by atoms with Gasteiger partial charge in [0.15, 0.2) is 0 Å². The van der Waals surface area contributed by atoms with Gasteiger partial charge in [0, 0.05) is 51.4 Å². The summed E-state index contributed by atoms with van der Waals surface area (Å²) >= 11 is 1.50. The van der Waals surface area contributed by atoms with E-state index in [1.165, 1.54) is 11.8 Å². The average Bonchev–Trinajstić information content (AvgIpc) is 3.21. The number of benzene rings is 1. The van der Waals surface area contributed by atoms with Crippen molar-refractivity contribution >= 4 is 34.5 Å². The van der Waals surface area contributed by atoms with Gasteiger partial charge in [0.1, 0.15) is 5.67 Å². The Morgan fingerprint density at radius 3 is 2.49 bits per heavy atom. The molecule has 2 amide bonds. The largest absolute Gasteiger partial charge is 0.353 e. The maximum atomic E-state index is 13.9. The summed E-state index contributed by atoms with van der Waals surface area (Å²) in [5, 5.41) is 7.15. The second-order valence-corrected chi connectivity index (χ2v) is 13.5. The summed E-state index contributed by atoms with van der Waals surface area (Å²) in [6.07, 6.45) is 6.90. The molecule has 7 nitrogen and oxygen atoms in total. The van der Waals surface area contributed by atoms with Crippen molar-refractivity contribution < 1.29 is 14.0 Å². The number of amides is 2. The zero-order chi connectivity index (χ0) is 29.1. The van der Waals surface area contributed by atoms with Gasteiger partial charge in [-0.25, -0.2) is 4.39 Å². The van der Waals surface area contributed by atoms with Crippen LogP contribution < -0.4 is 16.2 Å². The summed E-state index contributed by atoms with van der Waals surface area (Å²) in [7, 11) is 0. The highest BCUT2D eigenvalue weighted by Gasteiger charge is 2.72. The smallest absolute Gasteiger partial charge is 0.254 e. The number of carbonyl (C=O) groups excluding carboxylic acids is 2. The Labute approximate surface area is 244 Å². The Morgan fingerprint density at radius 2 is 1.83 bits per heavy atom. The third-order valence-electron chi connectivity index (χ3n) is 9.90. The van der Waals surface area contributed by atoms with Gasteiger partial charge >= 0.3 is 0 Å². The lowest BCUT2D eigenvalue weighted by Crippen LogP contribution is -2.70. The van der Waals surface area contributed by atoms with Crippen molar-refractivity contribution in [3.05, 3.63) is 63.2 Å². The maximum absolute atomic E-state index is 13.9. The normalized spacial score (nSPS) is 27.5. The molecule has 9 heteroatoms. The van der Waals surface area contributed by atoms with Gasteiger partial charge in [-0.2, -0.15) is 0 Å². The number of rotatable bonds is 8. The molecule has 1 atom stereocenters. The number of hydrogen-bond acceptors (Lipinski definition) is 4. The predicted octanol–water partition coefficient (Wildman–Crippen LogP) is 5.73. The van der Waals surface area contributed by atoms with Crippen LogP contribution in [0.3, 0.4) is 0 Å². The number of hydrogen-bond donors (Lipinski definition) is 3. The lowest BCUT2D eigenvalue weighted by Gasteiger charge is -2.64. The summed E-state index contributed by atoms with van der Waals surface area (Å²) in [6, 6.07) is 10.3. The first-order chi connectivity index (χ1) is 19.5. The maximum Gasteiger partial charge on any atom is 0.254 e. The molecule has 0 unspecified atom stereocenters. The second kappa shape index (κ2) is 10.3. The Bertz CT molecular complexity index is 1570.